The molecule has 2 fully saturated rings. The summed E-state index contributed by atoms with van der Waals surface area (Å²) in [7, 11) is 3.92. The number of benzene rings is 1. The first-order chi connectivity index (χ1) is 18.9. The summed E-state index contributed by atoms with van der Waals surface area (Å²) in [6.07, 6.45) is 6.95. The van der Waals surface area contributed by atoms with Crippen LogP contribution in [0.15, 0.2) is 35.4 Å². The fourth-order valence-electron chi connectivity index (χ4n) is 6.31. The molecule has 204 valence electrons. The second-order valence-corrected chi connectivity index (χ2v) is 11.2. The van der Waals surface area contributed by atoms with Crippen LogP contribution in [0.2, 0.25) is 0 Å². The van der Waals surface area contributed by atoms with Crippen LogP contribution in [-0.2, 0) is 12.6 Å². The van der Waals surface area contributed by atoms with Crippen molar-refractivity contribution in [3.63, 3.8) is 0 Å². The smallest absolute Gasteiger partial charge is 0.329 e. The number of nitrogens with zero attached hydrogens (tertiary/aromatic N) is 6. The zero-order valence-electron chi connectivity index (χ0n) is 22.5. The molecule has 7 rings (SSSR count). The van der Waals surface area contributed by atoms with Crippen LogP contribution < -0.4 is 15.2 Å². The van der Waals surface area contributed by atoms with E-state index in [1.807, 2.05) is 10.6 Å². The highest BCUT2D eigenvalue weighted by molar-refractivity contribution is 6.09. The van der Waals surface area contributed by atoms with Crippen LogP contribution in [0.3, 0.4) is 0 Å². The molecule has 1 aliphatic carbocycles. The maximum absolute atomic E-state index is 15.7. The lowest BCUT2D eigenvalue weighted by Crippen LogP contribution is -2.50. The van der Waals surface area contributed by atoms with Crippen molar-refractivity contribution < 1.29 is 13.9 Å². The number of imidazole rings is 1. The van der Waals surface area contributed by atoms with Crippen molar-refractivity contribution >= 4 is 21.9 Å². The second kappa shape index (κ2) is 9.31. The van der Waals surface area contributed by atoms with Gasteiger partial charge in [-0.25, -0.2) is 14.2 Å². The van der Waals surface area contributed by atoms with Crippen molar-refractivity contribution in [3.05, 3.63) is 46.9 Å². The summed E-state index contributed by atoms with van der Waals surface area (Å²) >= 11 is 0. The molecule has 10 heteroatoms. The van der Waals surface area contributed by atoms with E-state index in [0.29, 0.717) is 46.9 Å². The molecule has 9 nitrogen and oxygen atoms in total. The predicted octanol–water partition coefficient (Wildman–Crippen LogP) is 3.38. The van der Waals surface area contributed by atoms with E-state index in [0.717, 1.165) is 69.4 Å². The molecule has 1 saturated carbocycles. The van der Waals surface area contributed by atoms with Crippen LogP contribution >= 0.6 is 0 Å². The van der Waals surface area contributed by atoms with Crippen molar-refractivity contribution in [2.45, 2.75) is 31.2 Å². The Kier molecular flexibility index (Phi) is 5.85. The molecule has 0 amide bonds. The molecule has 3 aromatic heterocycles. The zero-order valence-corrected chi connectivity index (χ0v) is 22.5. The third-order valence-electron chi connectivity index (χ3n) is 8.81. The van der Waals surface area contributed by atoms with Crippen LogP contribution in [0.25, 0.3) is 33.1 Å². The molecule has 4 aromatic rings. The SMILES string of the molecule is CN1CCN(CCCOc2ccc(-c3c(F)cc4ncc5c6c4c3OCC3(CCC3)n6c(=O)n5C)cn2)CC1. The number of ether oxygens (including phenoxy) is 2. The molecule has 1 spiro atoms. The average Bonchev–Trinajstić information content (AvgIpc) is 3.06. The van der Waals surface area contributed by atoms with E-state index in [-0.39, 0.29) is 5.69 Å². The lowest BCUT2D eigenvalue weighted by Gasteiger charge is -2.41. The van der Waals surface area contributed by atoms with Gasteiger partial charge in [0.1, 0.15) is 18.2 Å². The largest absolute Gasteiger partial charge is 0.490 e. The van der Waals surface area contributed by atoms with Gasteiger partial charge in [-0.1, -0.05) is 0 Å². The van der Waals surface area contributed by atoms with E-state index in [1.54, 1.807) is 30.1 Å². The summed E-state index contributed by atoms with van der Waals surface area (Å²) in [6, 6.07) is 5.03. The number of piperazine rings is 1. The van der Waals surface area contributed by atoms with Crippen LogP contribution in [-0.4, -0.2) is 81.9 Å². The van der Waals surface area contributed by atoms with Gasteiger partial charge in [0.15, 0.2) is 0 Å². The highest BCUT2D eigenvalue weighted by Crippen LogP contribution is 2.48. The summed E-state index contributed by atoms with van der Waals surface area (Å²) in [6.45, 7) is 6.28. The van der Waals surface area contributed by atoms with E-state index < -0.39 is 11.4 Å². The van der Waals surface area contributed by atoms with Gasteiger partial charge in [-0.15, -0.1) is 0 Å². The number of hydrogen-bond acceptors (Lipinski definition) is 7. The van der Waals surface area contributed by atoms with Crippen molar-refractivity contribution in [1.82, 2.24) is 28.9 Å². The fourth-order valence-corrected chi connectivity index (χ4v) is 6.31. The van der Waals surface area contributed by atoms with E-state index in [1.165, 1.54) is 6.07 Å². The third-order valence-corrected chi connectivity index (χ3v) is 8.81. The Morgan fingerprint density at radius 2 is 1.92 bits per heavy atom. The van der Waals surface area contributed by atoms with Crippen LogP contribution in [0.5, 0.6) is 11.6 Å². The molecule has 5 heterocycles. The number of pyridine rings is 2. The average molecular weight is 533 g/mol. The molecule has 3 aliphatic rings. The Bertz CT molecular complexity index is 1620. The molecule has 0 bridgehead atoms. The number of halogens is 1. The molecule has 0 N–H and O–H groups in total. The Labute approximate surface area is 225 Å². The van der Waals surface area contributed by atoms with Crippen LogP contribution in [0.1, 0.15) is 25.7 Å². The molecule has 1 saturated heterocycles. The van der Waals surface area contributed by atoms with Gasteiger partial charge in [0.2, 0.25) is 5.88 Å². The van der Waals surface area contributed by atoms with E-state index >= 15 is 4.39 Å². The third kappa shape index (κ3) is 3.91. The molecule has 0 atom stereocenters. The van der Waals surface area contributed by atoms with Gasteiger partial charge in [0, 0.05) is 63.7 Å². The Morgan fingerprint density at radius 1 is 1.10 bits per heavy atom. The lowest BCUT2D eigenvalue weighted by atomic mass is 9.77. The maximum atomic E-state index is 15.7. The molecule has 0 unspecified atom stereocenters. The van der Waals surface area contributed by atoms with Crippen molar-refractivity contribution in [2.24, 2.45) is 7.05 Å². The van der Waals surface area contributed by atoms with Crippen LogP contribution in [0, 0.1) is 5.82 Å². The summed E-state index contributed by atoms with van der Waals surface area (Å²) in [5.41, 5.74) is 2.40. The topological polar surface area (TPSA) is 77.6 Å². The Hall–Kier alpha value is -3.50. The van der Waals surface area contributed by atoms with Crippen molar-refractivity contribution in [2.75, 3.05) is 53.0 Å². The van der Waals surface area contributed by atoms with E-state index in [2.05, 4.69) is 26.8 Å². The maximum Gasteiger partial charge on any atom is 0.329 e. The number of aromatic nitrogens is 4. The molecular formula is C29H33FN6O3. The monoisotopic (exact) mass is 532 g/mol. The number of aryl methyl sites for hydroxylation is 1. The molecule has 0 radical (unpaired) electrons. The Morgan fingerprint density at radius 3 is 2.64 bits per heavy atom. The number of hydrogen-bond donors (Lipinski definition) is 0. The number of likely N-dealkylation sites (N-methyl/N-ethyl adjacent to an activating group) is 1. The summed E-state index contributed by atoms with van der Waals surface area (Å²) < 4.78 is 31.5. The van der Waals surface area contributed by atoms with E-state index in [9.17, 15) is 4.79 Å². The highest BCUT2D eigenvalue weighted by Gasteiger charge is 2.45. The Balaban J connectivity index is 1.19. The minimum absolute atomic E-state index is 0.0860. The quantitative estimate of drug-likeness (QED) is 0.353. The van der Waals surface area contributed by atoms with E-state index in [4.69, 9.17) is 9.47 Å². The first kappa shape index (κ1) is 24.5. The molecular weight excluding hydrogens is 499 g/mol. The first-order valence-electron chi connectivity index (χ1n) is 13.8. The van der Waals surface area contributed by atoms with Gasteiger partial charge in [-0.2, -0.15) is 0 Å². The molecule has 1 aromatic carbocycles. The standard InChI is InChI=1S/C29H33FN6O3/c1-33-10-12-35(13-11-33)9-4-14-38-23-6-5-19(16-32-23)24-20(30)15-21-25-26-22(17-31-21)34(2)28(37)36(26)29(7-3-8-29)18-39-27(24)25/h5-6,15-17H,3-4,7-14,18H2,1-2H3. The lowest BCUT2D eigenvalue weighted by molar-refractivity contribution is 0.0719. The van der Waals surface area contributed by atoms with Crippen molar-refractivity contribution in [1.29, 1.82) is 0 Å². The zero-order chi connectivity index (χ0) is 26.7. The minimum atomic E-state index is -0.429. The van der Waals surface area contributed by atoms with Gasteiger partial charge in [0.05, 0.1) is 45.8 Å². The fraction of sp³-hybridized carbons (Fsp3) is 0.483. The number of fused-ring (bicyclic) bond motifs is 1. The van der Waals surface area contributed by atoms with Gasteiger partial charge in [0.25, 0.3) is 0 Å². The van der Waals surface area contributed by atoms with Gasteiger partial charge >= 0.3 is 5.69 Å². The van der Waals surface area contributed by atoms with Gasteiger partial charge in [-0.05, 0) is 38.8 Å². The predicted molar refractivity (Wildman–Crippen MR) is 147 cm³/mol. The molecule has 2 aliphatic heterocycles. The second-order valence-electron chi connectivity index (χ2n) is 11.2. The normalized spacial score (nSPS) is 18.9. The van der Waals surface area contributed by atoms with Crippen LogP contribution in [0.4, 0.5) is 4.39 Å². The molecule has 39 heavy (non-hydrogen) atoms. The minimum Gasteiger partial charge on any atom is -0.490 e. The van der Waals surface area contributed by atoms with Crippen molar-refractivity contribution in [3.8, 4) is 22.8 Å². The number of rotatable bonds is 6. The summed E-state index contributed by atoms with van der Waals surface area (Å²) in [5, 5.41) is 0.676. The first-order valence-corrected chi connectivity index (χ1v) is 13.8. The summed E-state index contributed by atoms with van der Waals surface area (Å²) in [5.74, 6) is 0.509. The highest BCUT2D eigenvalue weighted by atomic mass is 19.1. The summed E-state index contributed by atoms with van der Waals surface area (Å²) in [4.78, 5) is 27.2. The van der Waals surface area contributed by atoms with Gasteiger partial charge in [-0.3, -0.25) is 14.1 Å². The van der Waals surface area contributed by atoms with Gasteiger partial charge < -0.3 is 19.3 Å².